The van der Waals surface area contributed by atoms with Crippen molar-refractivity contribution in [2.75, 3.05) is 39.9 Å². The number of likely N-dealkylation sites (tertiary alicyclic amines) is 1. The third-order valence-electron chi connectivity index (χ3n) is 6.41. The molecule has 1 heterocycles. The molecule has 2 N–H and O–H groups in total. The van der Waals surface area contributed by atoms with Crippen LogP contribution in [0.4, 0.5) is 0 Å². The number of phenols is 1. The maximum Gasteiger partial charge on any atom is 0.295 e. The second-order valence-electron chi connectivity index (χ2n) is 8.68. The zero-order valence-electron chi connectivity index (χ0n) is 21.5. The van der Waals surface area contributed by atoms with E-state index in [2.05, 4.69) is 18.7 Å². The Balaban J connectivity index is 2.07. The Hall–Kier alpha value is -3.52. The van der Waals surface area contributed by atoms with Gasteiger partial charge in [-0.3, -0.25) is 9.59 Å². The van der Waals surface area contributed by atoms with E-state index in [1.165, 1.54) is 18.1 Å². The van der Waals surface area contributed by atoms with Crippen molar-refractivity contribution in [2.24, 2.45) is 0 Å². The molecule has 0 aromatic heterocycles. The Bertz CT molecular complexity index is 1110. The molecule has 0 saturated carbocycles. The lowest BCUT2D eigenvalue weighted by Gasteiger charge is -2.27. The normalized spacial score (nSPS) is 17.1. The molecule has 1 atom stereocenters. The van der Waals surface area contributed by atoms with E-state index in [9.17, 15) is 19.8 Å². The molecular weight excluding hydrogens is 460 g/mol. The average Bonchev–Trinajstić information content (AvgIpc) is 3.15. The van der Waals surface area contributed by atoms with Gasteiger partial charge >= 0.3 is 0 Å². The van der Waals surface area contributed by atoms with Gasteiger partial charge in [0.1, 0.15) is 11.5 Å². The number of rotatable bonds is 12. The number of phenolic OH excluding ortho intramolecular Hbond substituents is 1. The molecule has 1 amide bonds. The molecule has 1 unspecified atom stereocenters. The number of amides is 1. The lowest BCUT2D eigenvalue weighted by molar-refractivity contribution is -0.140. The van der Waals surface area contributed by atoms with Crippen molar-refractivity contribution in [1.82, 2.24) is 9.80 Å². The van der Waals surface area contributed by atoms with E-state index < -0.39 is 17.7 Å². The number of benzene rings is 2. The van der Waals surface area contributed by atoms with Crippen molar-refractivity contribution in [2.45, 2.75) is 39.7 Å². The van der Waals surface area contributed by atoms with E-state index >= 15 is 0 Å². The molecule has 1 fully saturated rings. The minimum atomic E-state index is -0.823. The number of aliphatic hydroxyl groups excluding tert-OH is 1. The number of ether oxygens (including phenoxy) is 2. The number of Topliss-reactive ketones (excluding diaryl/α,β-unsaturated/α-hetero) is 1. The predicted molar refractivity (Wildman–Crippen MR) is 138 cm³/mol. The van der Waals surface area contributed by atoms with Crippen molar-refractivity contribution < 1.29 is 29.3 Å². The molecule has 3 rings (SSSR count). The lowest BCUT2D eigenvalue weighted by Crippen LogP contribution is -2.33. The van der Waals surface area contributed by atoms with Crippen LogP contribution in [0.5, 0.6) is 17.2 Å². The highest BCUT2D eigenvalue weighted by Gasteiger charge is 2.46. The van der Waals surface area contributed by atoms with Gasteiger partial charge in [-0.15, -0.1) is 0 Å². The van der Waals surface area contributed by atoms with Crippen LogP contribution in [0.25, 0.3) is 5.76 Å². The first kappa shape index (κ1) is 27.1. The Labute approximate surface area is 212 Å². The first-order chi connectivity index (χ1) is 17.4. The molecule has 36 heavy (non-hydrogen) atoms. The standard InChI is InChI=1S/C28H36N2O6/c1-5-16-36-21-11-8-10-20(17-21)26(32)24-25(19-12-13-22(31)23(18-19)35-4)30(28(34)27(24)33)15-9-14-29(6-2)7-3/h8,10-13,17-18,25,31-32H,5-7,9,14-16H2,1-4H3. The highest BCUT2D eigenvalue weighted by atomic mass is 16.5. The second-order valence-corrected chi connectivity index (χ2v) is 8.68. The van der Waals surface area contributed by atoms with Crippen LogP contribution in [-0.2, 0) is 9.59 Å². The summed E-state index contributed by atoms with van der Waals surface area (Å²) < 4.78 is 11.0. The number of carbonyl (C=O) groups excluding carboxylic acids is 2. The third-order valence-corrected chi connectivity index (χ3v) is 6.41. The SMILES string of the molecule is CCCOc1cccc(C(O)=C2C(=O)C(=O)N(CCCN(CC)CC)C2c2ccc(O)c(OC)c2)c1. The summed E-state index contributed by atoms with van der Waals surface area (Å²) in [5.41, 5.74) is 0.954. The Morgan fingerprint density at radius 1 is 1.08 bits per heavy atom. The van der Waals surface area contributed by atoms with Gasteiger partial charge in [-0.1, -0.05) is 39.0 Å². The van der Waals surface area contributed by atoms with E-state index in [-0.39, 0.29) is 22.8 Å². The zero-order chi connectivity index (χ0) is 26.2. The van der Waals surface area contributed by atoms with Gasteiger partial charge in [0.05, 0.1) is 25.3 Å². The summed E-state index contributed by atoms with van der Waals surface area (Å²) in [4.78, 5) is 30.2. The van der Waals surface area contributed by atoms with Gasteiger partial charge in [0, 0.05) is 12.1 Å². The zero-order valence-corrected chi connectivity index (χ0v) is 21.5. The Morgan fingerprint density at radius 2 is 1.83 bits per heavy atom. The first-order valence-corrected chi connectivity index (χ1v) is 12.5. The number of hydrogen-bond donors (Lipinski definition) is 2. The number of hydrogen-bond acceptors (Lipinski definition) is 7. The van der Waals surface area contributed by atoms with Crippen LogP contribution < -0.4 is 9.47 Å². The summed E-state index contributed by atoms with van der Waals surface area (Å²) in [6.45, 7) is 9.58. The number of carbonyl (C=O) groups is 2. The van der Waals surface area contributed by atoms with Crippen molar-refractivity contribution in [3.63, 3.8) is 0 Å². The molecule has 2 aromatic rings. The number of nitrogens with zero attached hydrogens (tertiary/aromatic N) is 2. The van der Waals surface area contributed by atoms with E-state index in [1.54, 1.807) is 36.4 Å². The van der Waals surface area contributed by atoms with E-state index in [4.69, 9.17) is 9.47 Å². The topological polar surface area (TPSA) is 99.5 Å². The molecule has 2 aromatic carbocycles. The van der Waals surface area contributed by atoms with Crippen LogP contribution in [0.3, 0.4) is 0 Å². The summed E-state index contributed by atoms with van der Waals surface area (Å²) in [5.74, 6) is -0.939. The fourth-order valence-electron chi connectivity index (χ4n) is 4.43. The fraction of sp³-hybridized carbons (Fsp3) is 0.429. The van der Waals surface area contributed by atoms with Crippen LogP contribution in [0.1, 0.15) is 50.8 Å². The van der Waals surface area contributed by atoms with Gasteiger partial charge in [-0.05, 0) is 62.3 Å². The molecule has 8 heteroatoms. The van der Waals surface area contributed by atoms with E-state index in [1.807, 2.05) is 6.92 Å². The predicted octanol–water partition coefficient (Wildman–Crippen LogP) is 4.34. The molecule has 1 aliphatic heterocycles. The summed E-state index contributed by atoms with van der Waals surface area (Å²) in [6, 6.07) is 10.7. The van der Waals surface area contributed by atoms with Crippen LogP contribution in [0.15, 0.2) is 48.0 Å². The van der Waals surface area contributed by atoms with Gasteiger partial charge in [0.2, 0.25) is 0 Å². The molecule has 1 aliphatic rings. The highest BCUT2D eigenvalue weighted by Crippen LogP contribution is 2.42. The van der Waals surface area contributed by atoms with E-state index in [0.717, 1.165) is 26.1 Å². The van der Waals surface area contributed by atoms with Crippen molar-refractivity contribution in [3.8, 4) is 17.2 Å². The van der Waals surface area contributed by atoms with Crippen molar-refractivity contribution in [3.05, 3.63) is 59.2 Å². The largest absolute Gasteiger partial charge is 0.507 e. The molecular formula is C28H36N2O6. The Kier molecular flexibility index (Phi) is 9.36. The molecule has 8 nitrogen and oxygen atoms in total. The van der Waals surface area contributed by atoms with Crippen LogP contribution in [0.2, 0.25) is 0 Å². The quantitative estimate of drug-likeness (QED) is 0.256. The van der Waals surface area contributed by atoms with Crippen LogP contribution in [-0.4, -0.2) is 71.6 Å². The van der Waals surface area contributed by atoms with Gasteiger partial charge in [0.15, 0.2) is 11.5 Å². The van der Waals surface area contributed by atoms with E-state index in [0.29, 0.717) is 36.4 Å². The maximum atomic E-state index is 13.3. The Morgan fingerprint density at radius 3 is 2.50 bits per heavy atom. The average molecular weight is 497 g/mol. The van der Waals surface area contributed by atoms with Gasteiger partial charge < -0.3 is 29.5 Å². The second kappa shape index (κ2) is 12.4. The molecule has 194 valence electrons. The smallest absolute Gasteiger partial charge is 0.295 e. The summed E-state index contributed by atoms with van der Waals surface area (Å²) >= 11 is 0. The minimum absolute atomic E-state index is 0.00298. The third kappa shape index (κ3) is 5.82. The van der Waals surface area contributed by atoms with Crippen molar-refractivity contribution >= 4 is 17.4 Å². The molecule has 0 radical (unpaired) electrons. The summed E-state index contributed by atoms with van der Waals surface area (Å²) in [7, 11) is 1.43. The number of methoxy groups -OCH3 is 1. The minimum Gasteiger partial charge on any atom is -0.507 e. The highest BCUT2D eigenvalue weighted by molar-refractivity contribution is 6.46. The van der Waals surface area contributed by atoms with Crippen LogP contribution >= 0.6 is 0 Å². The molecule has 0 bridgehead atoms. The van der Waals surface area contributed by atoms with Gasteiger partial charge in [0.25, 0.3) is 11.7 Å². The number of aromatic hydroxyl groups is 1. The van der Waals surface area contributed by atoms with Crippen molar-refractivity contribution in [1.29, 1.82) is 0 Å². The lowest BCUT2D eigenvalue weighted by atomic mass is 9.95. The number of aliphatic hydroxyl groups is 1. The fourth-order valence-corrected chi connectivity index (χ4v) is 4.43. The van der Waals surface area contributed by atoms with Gasteiger partial charge in [-0.2, -0.15) is 0 Å². The number of ketones is 1. The molecule has 0 aliphatic carbocycles. The molecule has 1 saturated heterocycles. The monoisotopic (exact) mass is 496 g/mol. The summed E-state index contributed by atoms with van der Waals surface area (Å²) in [6.07, 6.45) is 1.50. The first-order valence-electron chi connectivity index (χ1n) is 12.5. The molecule has 0 spiro atoms. The van der Waals surface area contributed by atoms with Gasteiger partial charge in [-0.25, -0.2) is 0 Å². The van der Waals surface area contributed by atoms with Crippen LogP contribution in [0, 0.1) is 0 Å². The maximum absolute atomic E-state index is 13.3. The summed E-state index contributed by atoms with van der Waals surface area (Å²) in [5, 5.41) is 21.4.